The lowest BCUT2D eigenvalue weighted by molar-refractivity contribution is 0.192. The summed E-state index contributed by atoms with van der Waals surface area (Å²) in [6.07, 6.45) is 0.990. The van der Waals surface area contributed by atoms with E-state index in [9.17, 15) is 0 Å². The van der Waals surface area contributed by atoms with Gasteiger partial charge in [0.05, 0.1) is 18.7 Å². The number of guanidine groups is 1. The number of hydrogen-bond donors (Lipinski definition) is 2. The normalized spacial score (nSPS) is 18.3. The Balaban J connectivity index is 0.00000243. The molecule has 3 rings (SSSR count). The largest absolute Gasteiger partial charge is 0.379 e. The zero-order valence-corrected chi connectivity index (χ0v) is 17.8. The third kappa shape index (κ3) is 5.41. The zero-order chi connectivity index (χ0) is 17.6. The maximum atomic E-state index is 5.46. The highest BCUT2D eigenvalue weighted by molar-refractivity contribution is 14.0. The third-order valence-corrected chi connectivity index (χ3v) is 4.48. The van der Waals surface area contributed by atoms with Crippen LogP contribution in [0.1, 0.15) is 36.6 Å². The highest BCUT2D eigenvalue weighted by Crippen LogP contribution is 2.12. The Kier molecular flexibility index (Phi) is 7.83. The molecule has 0 aliphatic carbocycles. The van der Waals surface area contributed by atoms with Gasteiger partial charge in [0, 0.05) is 13.7 Å². The average Bonchev–Trinajstić information content (AvgIpc) is 3.25. The summed E-state index contributed by atoms with van der Waals surface area (Å²) in [5.41, 5.74) is 1.22. The van der Waals surface area contributed by atoms with Gasteiger partial charge < -0.3 is 19.9 Å². The van der Waals surface area contributed by atoms with Crippen molar-refractivity contribution >= 4 is 29.9 Å². The predicted molar refractivity (Wildman–Crippen MR) is 113 cm³/mol. The summed E-state index contributed by atoms with van der Waals surface area (Å²) in [7, 11) is 1.96. The van der Waals surface area contributed by atoms with Gasteiger partial charge >= 0.3 is 0 Å². The molecule has 0 radical (unpaired) electrons. The Hall–Kier alpha value is -1.68. The van der Waals surface area contributed by atoms with Crippen LogP contribution in [0.3, 0.4) is 0 Å². The number of hydrogen-bond acceptors (Lipinski definition) is 4. The minimum absolute atomic E-state index is 0. The van der Waals surface area contributed by atoms with Gasteiger partial charge in [0.2, 0.25) is 0 Å². The molecule has 0 amide bonds. The van der Waals surface area contributed by atoms with E-state index < -0.39 is 0 Å². The van der Waals surface area contributed by atoms with E-state index in [-0.39, 0.29) is 36.1 Å². The lowest BCUT2D eigenvalue weighted by atomic mass is 10.1. The molecule has 26 heavy (non-hydrogen) atoms. The van der Waals surface area contributed by atoms with Crippen LogP contribution in [0.2, 0.25) is 0 Å². The van der Waals surface area contributed by atoms with E-state index in [1.807, 2.05) is 36.7 Å². The first kappa shape index (κ1) is 20.6. The molecular weight excluding hydrogens is 443 g/mol. The van der Waals surface area contributed by atoms with Crippen LogP contribution in [0.4, 0.5) is 0 Å². The first-order valence-electron chi connectivity index (χ1n) is 8.68. The Morgan fingerprint density at radius 1 is 1.35 bits per heavy atom. The van der Waals surface area contributed by atoms with Crippen LogP contribution < -0.4 is 10.6 Å². The van der Waals surface area contributed by atoms with Gasteiger partial charge in [0.1, 0.15) is 12.4 Å². The minimum atomic E-state index is 0. The third-order valence-electron chi connectivity index (χ3n) is 4.48. The Morgan fingerprint density at radius 3 is 2.73 bits per heavy atom. The molecule has 1 saturated heterocycles. The number of halogens is 1. The van der Waals surface area contributed by atoms with Gasteiger partial charge in [-0.05, 0) is 25.8 Å². The van der Waals surface area contributed by atoms with Crippen molar-refractivity contribution < 1.29 is 4.74 Å². The minimum Gasteiger partial charge on any atom is -0.379 e. The fourth-order valence-corrected chi connectivity index (χ4v) is 2.74. The molecule has 8 heteroatoms. The Bertz CT molecular complexity index is 712. The SMILES string of the molecule is Cc1nnc(CN=C(NC2CCOC2)NC(C)c2ccccc2)n1C.I. The molecule has 1 aliphatic heterocycles. The van der Waals surface area contributed by atoms with Gasteiger partial charge in [0.25, 0.3) is 0 Å². The number of nitrogens with zero attached hydrogens (tertiary/aromatic N) is 4. The molecule has 0 spiro atoms. The van der Waals surface area contributed by atoms with Crippen LogP contribution >= 0.6 is 24.0 Å². The molecule has 2 heterocycles. The Morgan fingerprint density at radius 2 is 2.12 bits per heavy atom. The van der Waals surface area contributed by atoms with E-state index in [1.165, 1.54) is 5.56 Å². The molecule has 2 unspecified atom stereocenters. The summed E-state index contributed by atoms with van der Waals surface area (Å²) >= 11 is 0. The molecule has 0 bridgehead atoms. The van der Waals surface area contributed by atoms with E-state index in [0.717, 1.165) is 30.6 Å². The molecule has 1 aromatic heterocycles. The van der Waals surface area contributed by atoms with E-state index in [4.69, 9.17) is 9.73 Å². The standard InChI is InChI=1S/C18H26N6O.HI/c1-13(15-7-5-4-6-8-15)20-18(21-16-9-10-25-12-16)19-11-17-23-22-14(2)24(17)3;/h4-8,13,16H,9-12H2,1-3H3,(H2,19,20,21);1H. The van der Waals surface area contributed by atoms with Crippen LogP contribution in [-0.2, 0) is 18.3 Å². The van der Waals surface area contributed by atoms with Crippen molar-refractivity contribution in [2.24, 2.45) is 12.0 Å². The summed E-state index contributed by atoms with van der Waals surface area (Å²) in [6, 6.07) is 10.8. The van der Waals surface area contributed by atoms with E-state index >= 15 is 0 Å². The van der Waals surface area contributed by atoms with Crippen molar-refractivity contribution in [1.82, 2.24) is 25.4 Å². The van der Waals surface area contributed by atoms with Crippen LogP contribution in [-0.4, -0.2) is 40.0 Å². The lowest BCUT2D eigenvalue weighted by Crippen LogP contribution is -2.44. The molecule has 1 aromatic carbocycles. The molecule has 2 N–H and O–H groups in total. The number of rotatable bonds is 5. The smallest absolute Gasteiger partial charge is 0.192 e. The summed E-state index contributed by atoms with van der Waals surface area (Å²) in [6.45, 7) is 6.04. The highest BCUT2D eigenvalue weighted by Gasteiger charge is 2.18. The van der Waals surface area contributed by atoms with Gasteiger partial charge in [-0.2, -0.15) is 0 Å². The van der Waals surface area contributed by atoms with Crippen molar-refractivity contribution in [3.8, 4) is 0 Å². The van der Waals surface area contributed by atoms with Gasteiger partial charge in [-0.15, -0.1) is 34.2 Å². The van der Waals surface area contributed by atoms with E-state index in [0.29, 0.717) is 13.2 Å². The number of aromatic nitrogens is 3. The predicted octanol–water partition coefficient (Wildman–Crippen LogP) is 2.33. The molecule has 7 nitrogen and oxygen atoms in total. The molecule has 0 saturated carbocycles. The number of nitrogens with one attached hydrogen (secondary N) is 2. The molecule has 1 fully saturated rings. The summed E-state index contributed by atoms with van der Waals surface area (Å²) in [4.78, 5) is 4.71. The van der Waals surface area contributed by atoms with Crippen molar-refractivity contribution in [3.05, 3.63) is 47.5 Å². The summed E-state index contributed by atoms with van der Waals surface area (Å²) < 4.78 is 7.42. The zero-order valence-electron chi connectivity index (χ0n) is 15.5. The van der Waals surface area contributed by atoms with Crippen LogP contribution in [0.5, 0.6) is 0 Å². The van der Waals surface area contributed by atoms with Crippen LogP contribution in [0, 0.1) is 6.92 Å². The second-order valence-corrected chi connectivity index (χ2v) is 6.37. The highest BCUT2D eigenvalue weighted by atomic mass is 127. The fourth-order valence-electron chi connectivity index (χ4n) is 2.74. The number of aryl methyl sites for hydroxylation is 1. The summed E-state index contributed by atoms with van der Waals surface area (Å²) in [5, 5.41) is 15.2. The quantitative estimate of drug-likeness (QED) is 0.399. The molecular formula is C18H27IN6O. The van der Waals surface area contributed by atoms with Crippen LogP contribution in [0.25, 0.3) is 0 Å². The molecule has 2 atom stereocenters. The van der Waals surface area contributed by atoms with Gasteiger partial charge in [0.15, 0.2) is 11.8 Å². The maximum absolute atomic E-state index is 5.46. The maximum Gasteiger partial charge on any atom is 0.192 e. The van der Waals surface area contributed by atoms with Crippen molar-refractivity contribution in [2.75, 3.05) is 13.2 Å². The first-order valence-corrected chi connectivity index (χ1v) is 8.68. The summed E-state index contributed by atoms with van der Waals surface area (Å²) in [5.74, 6) is 2.50. The average molecular weight is 470 g/mol. The van der Waals surface area contributed by atoms with Crippen LogP contribution in [0.15, 0.2) is 35.3 Å². The number of benzene rings is 1. The van der Waals surface area contributed by atoms with Gasteiger partial charge in [-0.25, -0.2) is 4.99 Å². The lowest BCUT2D eigenvalue weighted by Gasteiger charge is -2.21. The fraction of sp³-hybridized carbons (Fsp3) is 0.500. The van der Waals surface area contributed by atoms with E-state index in [1.54, 1.807) is 0 Å². The second-order valence-electron chi connectivity index (χ2n) is 6.37. The van der Waals surface area contributed by atoms with Crippen molar-refractivity contribution in [2.45, 2.75) is 38.9 Å². The Labute approximate surface area is 171 Å². The first-order chi connectivity index (χ1) is 12.1. The van der Waals surface area contributed by atoms with Gasteiger partial charge in [-0.1, -0.05) is 30.3 Å². The topological polar surface area (TPSA) is 76.4 Å². The number of ether oxygens (including phenoxy) is 1. The monoisotopic (exact) mass is 470 g/mol. The van der Waals surface area contributed by atoms with Crippen molar-refractivity contribution in [1.29, 1.82) is 0 Å². The van der Waals surface area contributed by atoms with E-state index in [2.05, 4.69) is 39.9 Å². The molecule has 2 aromatic rings. The number of aliphatic imine (C=N–C) groups is 1. The van der Waals surface area contributed by atoms with Gasteiger partial charge in [-0.3, -0.25) is 0 Å². The molecule has 1 aliphatic rings. The molecule has 142 valence electrons. The second kappa shape index (κ2) is 9.86. The van der Waals surface area contributed by atoms with Crippen molar-refractivity contribution in [3.63, 3.8) is 0 Å².